The Morgan fingerprint density at radius 3 is 2.58 bits per heavy atom. The number of ether oxygens (including phenoxy) is 1. The molecular weight excluding hydrogens is 195 g/mol. The van der Waals surface area contributed by atoms with E-state index in [0.29, 0.717) is 0 Å². The van der Waals surface area contributed by atoms with Gasteiger partial charge in [-0.3, -0.25) is 0 Å². The summed E-state index contributed by atoms with van der Waals surface area (Å²) in [7, 11) is 0. The Morgan fingerprint density at radius 2 is 2.08 bits per heavy atom. The summed E-state index contributed by atoms with van der Waals surface area (Å²) in [5.41, 5.74) is 0. The first kappa shape index (κ1) is 9.12. The predicted molar refractivity (Wildman–Crippen MR) is 35.9 cm³/mol. The quantitative estimate of drug-likeness (QED) is 0.646. The van der Waals surface area contributed by atoms with Crippen LogP contribution in [0.25, 0.3) is 0 Å². The smallest absolute Gasteiger partial charge is 0.402 e. The van der Waals surface area contributed by atoms with E-state index in [0.717, 1.165) is 6.07 Å². The number of nitrogens with zero attached hydrogens (tertiary/aromatic N) is 1. The van der Waals surface area contributed by atoms with Gasteiger partial charge in [0.25, 0.3) is 0 Å². The summed E-state index contributed by atoms with van der Waals surface area (Å²) in [6, 6.07) is 2.38. The van der Waals surface area contributed by atoms with Gasteiger partial charge in [0.15, 0.2) is 10.9 Å². The van der Waals surface area contributed by atoms with Gasteiger partial charge in [0.1, 0.15) is 0 Å². The highest BCUT2D eigenvalue weighted by Gasteiger charge is 2.32. The number of halogens is 4. The van der Waals surface area contributed by atoms with Crippen LogP contribution in [-0.2, 0) is 0 Å². The zero-order valence-corrected chi connectivity index (χ0v) is 6.36. The molecule has 2 nitrogen and oxygen atoms in total. The number of aromatic nitrogens is 1. The maximum absolute atomic E-state index is 11.6. The van der Waals surface area contributed by atoms with E-state index in [1.54, 1.807) is 0 Å². The van der Waals surface area contributed by atoms with Crippen LogP contribution in [0.2, 0.25) is 5.15 Å². The van der Waals surface area contributed by atoms with Crippen LogP contribution in [0, 0.1) is 0 Å². The van der Waals surface area contributed by atoms with Crippen molar-refractivity contribution in [2.24, 2.45) is 0 Å². The highest BCUT2D eigenvalue weighted by molar-refractivity contribution is 6.30. The molecule has 12 heavy (non-hydrogen) atoms. The second-order valence-corrected chi connectivity index (χ2v) is 2.20. The maximum Gasteiger partial charge on any atom is 0.573 e. The molecule has 0 aromatic carbocycles. The molecule has 6 heteroatoms. The molecule has 1 rings (SSSR count). The minimum atomic E-state index is -4.73. The first-order valence-corrected chi connectivity index (χ1v) is 3.23. The van der Waals surface area contributed by atoms with Crippen molar-refractivity contribution in [1.29, 1.82) is 0 Å². The molecule has 0 saturated heterocycles. The van der Waals surface area contributed by atoms with Gasteiger partial charge in [-0.1, -0.05) is 11.6 Å². The Hall–Kier alpha value is -0.970. The molecule has 0 saturated carbocycles. The van der Waals surface area contributed by atoms with E-state index in [-0.39, 0.29) is 5.15 Å². The normalized spacial score (nSPS) is 11.3. The molecule has 0 spiro atoms. The van der Waals surface area contributed by atoms with Gasteiger partial charge in [-0.25, -0.2) is 4.98 Å². The van der Waals surface area contributed by atoms with E-state index < -0.39 is 12.1 Å². The Bertz CT molecular complexity index is 276. The third-order valence-electron chi connectivity index (χ3n) is 0.951. The average Bonchev–Trinajstić information content (AvgIpc) is 1.91. The van der Waals surface area contributed by atoms with E-state index in [4.69, 9.17) is 11.6 Å². The zero-order chi connectivity index (χ0) is 9.19. The van der Waals surface area contributed by atoms with Crippen LogP contribution < -0.4 is 4.74 Å². The maximum atomic E-state index is 11.6. The fourth-order valence-corrected chi connectivity index (χ4v) is 0.730. The molecule has 0 radical (unpaired) electrons. The molecule has 0 amide bonds. The van der Waals surface area contributed by atoms with Crippen molar-refractivity contribution in [2.45, 2.75) is 6.36 Å². The third kappa shape index (κ3) is 2.58. The lowest BCUT2D eigenvalue weighted by molar-refractivity contribution is -0.274. The summed E-state index contributed by atoms with van der Waals surface area (Å²) in [5, 5.41) is -0.310. The summed E-state index contributed by atoms with van der Waals surface area (Å²) in [4.78, 5) is 3.40. The average molecular weight is 198 g/mol. The van der Waals surface area contributed by atoms with E-state index in [1.807, 2.05) is 0 Å². The zero-order valence-electron chi connectivity index (χ0n) is 5.60. The summed E-state index contributed by atoms with van der Waals surface area (Å²) >= 11 is 5.29. The largest absolute Gasteiger partial charge is 0.573 e. The van der Waals surface area contributed by atoms with E-state index in [2.05, 4.69) is 9.72 Å². The van der Waals surface area contributed by atoms with Crippen molar-refractivity contribution in [1.82, 2.24) is 4.98 Å². The van der Waals surface area contributed by atoms with Crippen molar-refractivity contribution >= 4 is 11.6 Å². The lowest BCUT2D eigenvalue weighted by atomic mass is 10.5. The van der Waals surface area contributed by atoms with Crippen molar-refractivity contribution in [3.8, 4) is 5.75 Å². The SMILES string of the molecule is FC(F)(F)Oc1cccnc1Cl. The summed E-state index contributed by atoms with van der Waals surface area (Å²) in [5.74, 6) is -0.494. The summed E-state index contributed by atoms with van der Waals surface area (Å²) in [6.07, 6.45) is -3.46. The van der Waals surface area contributed by atoms with Crippen LogP contribution in [0.15, 0.2) is 18.3 Å². The van der Waals surface area contributed by atoms with Crippen LogP contribution in [0.3, 0.4) is 0 Å². The molecule has 0 aliphatic carbocycles. The second-order valence-electron chi connectivity index (χ2n) is 1.84. The van der Waals surface area contributed by atoms with Crippen molar-refractivity contribution in [2.75, 3.05) is 0 Å². The Labute approximate surface area is 70.9 Å². The van der Waals surface area contributed by atoms with Gasteiger partial charge in [-0.2, -0.15) is 0 Å². The lowest BCUT2D eigenvalue weighted by Gasteiger charge is -2.08. The molecule has 0 aliphatic rings. The monoisotopic (exact) mass is 197 g/mol. The molecule has 0 fully saturated rings. The van der Waals surface area contributed by atoms with E-state index in [1.165, 1.54) is 12.3 Å². The fraction of sp³-hybridized carbons (Fsp3) is 0.167. The van der Waals surface area contributed by atoms with Crippen molar-refractivity contribution in [3.05, 3.63) is 23.5 Å². The highest BCUT2D eigenvalue weighted by atomic mass is 35.5. The predicted octanol–water partition coefficient (Wildman–Crippen LogP) is 2.63. The molecule has 1 heterocycles. The molecule has 1 aromatic rings. The minimum Gasteiger partial charge on any atom is -0.402 e. The summed E-state index contributed by atoms with van der Waals surface area (Å²) in [6.45, 7) is 0. The van der Waals surface area contributed by atoms with Gasteiger partial charge in [-0.05, 0) is 12.1 Å². The molecule has 0 N–H and O–H groups in total. The minimum absolute atomic E-state index is 0.310. The number of rotatable bonds is 1. The molecule has 66 valence electrons. The molecular formula is C6H3ClF3NO. The Morgan fingerprint density at radius 1 is 1.42 bits per heavy atom. The summed E-state index contributed by atoms with van der Waals surface area (Å²) < 4.78 is 38.4. The number of pyridine rings is 1. The molecule has 1 aromatic heterocycles. The Kier molecular flexibility index (Phi) is 2.42. The molecule has 0 bridgehead atoms. The first-order valence-electron chi connectivity index (χ1n) is 2.85. The lowest BCUT2D eigenvalue weighted by Crippen LogP contribution is -2.17. The van der Waals surface area contributed by atoms with Crippen LogP contribution in [0.4, 0.5) is 13.2 Å². The second kappa shape index (κ2) is 3.18. The van der Waals surface area contributed by atoms with Crippen LogP contribution in [-0.4, -0.2) is 11.3 Å². The van der Waals surface area contributed by atoms with Gasteiger partial charge in [-0.15, -0.1) is 13.2 Å². The standard InChI is InChI=1S/C6H3ClF3NO/c7-5-4(2-1-3-11-5)12-6(8,9)10/h1-3H. The third-order valence-corrected chi connectivity index (χ3v) is 1.23. The van der Waals surface area contributed by atoms with Crippen molar-refractivity contribution in [3.63, 3.8) is 0 Å². The number of hydrogen-bond acceptors (Lipinski definition) is 2. The van der Waals surface area contributed by atoms with Crippen molar-refractivity contribution < 1.29 is 17.9 Å². The van der Waals surface area contributed by atoms with Crippen LogP contribution in [0.1, 0.15) is 0 Å². The number of hydrogen-bond donors (Lipinski definition) is 0. The van der Waals surface area contributed by atoms with Gasteiger partial charge in [0.2, 0.25) is 0 Å². The fourth-order valence-electron chi connectivity index (χ4n) is 0.572. The van der Waals surface area contributed by atoms with Gasteiger partial charge in [0, 0.05) is 6.20 Å². The molecule has 0 aliphatic heterocycles. The van der Waals surface area contributed by atoms with E-state index in [9.17, 15) is 13.2 Å². The van der Waals surface area contributed by atoms with Crippen LogP contribution >= 0.6 is 11.6 Å². The van der Waals surface area contributed by atoms with Gasteiger partial charge < -0.3 is 4.74 Å². The molecule has 0 unspecified atom stereocenters. The van der Waals surface area contributed by atoms with Gasteiger partial charge in [0.05, 0.1) is 0 Å². The van der Waals surface area contributed by atoms with Crippen LogP contribution in [0.5, 0.6) is 5.75 Å². The van der Waals surface area contributed by atoms with Gasteiger partial charge >= 0.3 is 6.36 Å². The number of alkyl halides is 3. The topological polar surface area (TPSA) is 22.1 Å². The van der Waals surface area contributed by atoms with E-state index >= 15 is 0 Å². The highest BCUT2D eigenvalue weighted by Crippen LogP contribution is 2.27. The Balaban J connectivity index is 2.83. The molecule has 0 atom stereocenters. The first-order chi connectivity index (χ1) is 5.49.